The molecular weight excluding hydrogens is 347 g/mol. The molecule has 1 aromatic heterocycles. The van der Waals surface area contributed by atoms with Crippen LogP contribution in [0.3, 0.4) is 0 Å². The molecule has 130 valence electrons. The normalized spacial score (nSPS) is 11.6. The summed E-state index contributed by atoms with van der Waals surface area (Å²) in [5.74, 6) is 0.352. The highest BCUT2D eigenvalue weighted by Crippen LogP contribution is 2.33. The van der Waals surface area contributed by atoms with Crippen LogP contribution in [0.1, 0.15) is 5.89 Å². The number of halogens is 1. The van der Waals surface area contributed by atoms with Gasteiger partial charge in [0.1, 0.15) is 11.5 Å². The van der Waals surface area contributed by atoms with E-state index in [-0.39, 0.29) is 23.7 Å². The van der Waals surface area contributed by atoms with Crippen molar-refractivity contribution in [1.82, 2.24) is 4.98 Å². The largest absolute Gasteiger partial charge is 0.440 e. The Balaban J connectivity index is 2.09. The van der Waals surface area contributed by atoms with Crippen molar-refractivity contribution in [2.24, 2.45) is 5.14 Å². The fourth-order valence-corrected chi connectivity index (χ4v) is 2.88. The van der Waals surface area contributed by atoms with E-state index in [1.807, 2.05) is 0 Å². The van der Waals surface area contributed by atoms with E-state index in [1.54, 1.807) is 24.3 Å². The van der Waals surface area contributed by atoms with E-state index in [1.165, 1.54) is 24.3 Å². The molecule has 0 spiro atoms. The predicted octanol–water partition coefficient (Wildman–Crippen LogP) is 2.33. The third-order valence-electron chi connectivity index (χ3n) is 3.56. The van der Waals surface area contributed by atoms with E-state index >= 15 is 0 Å². The summed E-state index contributed by atoms with van der Waals surface area (Å²) in [6.45, 7) is -0.132. The molecule has 0 amide bonds. The van der Waals surface area contributed by atoms with E-state index in [0.717, 1.165) is 0 Å². The average Bonchev–Trinajstić information content (AvgIpc) is 2.99. The molecule has 25 heavy (non-hydrogen) atoms. The molecule has 0 saturated carbocycles. The lowest BCUT2D eigenvalue weighted by Crippen LogP contribution is -2.11. The van der Waals surface area contributed by atoms with E-state index in [2.05, 4.69) is 4.98 Å². The predicted molar refractivity (Wildman–Crippen MR) is 89.5 cm³/mol. The zero-order valence-corrected chi connectivity index (χ0v) is 13.8. The number of oxazole rings is 1. The van der Waals surface area contributed by atoms with E-state index in [0.29, 0.717) is 28.5 Å². The second-order valence-corrected chi connectivity index (χ2v) is 6.90. The standard InChI is InChI=1S/C17H15FN2O4S/c18-13-5-1-11(2-6-13)16-17(24-15(20-16)9-10-21)12-3-7-14(8-4-12)25(19,22)23/h1-8,21H,9-10H2,(H2,19,22,23). The summed E-state index contributed by atoms with van der Waals surface area (Å²) < 4.78 is 41.6. The Morgan fingerprint density at radius 1 is 1.04 bits per heavy atom. The van der Waals surface area contributed by atoms with Gasteiger partial charge in [0, 0.05) is 17.5 Å². The fraction of sp³-hybridized carbons (Fsp3) is 0.118. The smallest absolute Gasteiger partial charge is 0.238 e. The minimum atomic E-state index is -3.79. The zero-order chi connectivity index (χ0) is 18.0. The lowest BCUT2D eigenvalue weighted by molar-refractivity contribution is 0.285. The first-order chi connectivity index (χ1) is 11.9. The molecule has 1 heterocycles. The first-order valence-corrected chi connectivity index (χ1v) is 8.93. The number of primary sulfonamides is 1. The van der Waals surface area contributed by atoms with Crippen molar-refractivity contribution >= 4 is 10.0 Å². The van der Waals surface area contributed by atoms with Gasteiger partial charge < -0.3 is 9.52 Å². The topological polar surface area (TPSA) is 106 Å². The molecule has 0 unspecified atom stereocenters. The van der Waals surface area contributed by atoms with Gasteiger partial charge in [-0.1, -0.05) is 0 Å². The Labute approximate surface area is 143 Å². The first kappa shape index (κ1) is 17.3. The summed E-state index contributed by atoms with van der Waals surface area (Å²) in [6.07, 6.45) is 0.226. The molecule has 0 bridgehead atoms. The van der Waals surface area contributed by atoms with Crippen LogP contribution < -0.4 is 5.14 Å². The van der Waals surface area contributed by atoms with Crippen molar-refractivity contribution in [2.75, 3.05) is 6.61 Å². The highest BCUT2D eigenvalue weighted by atomic mass is 32.2. The number of nitrogens with zero attached hydrogens (tertiary/aromatic N) is 1. The molecule has 0 atom stereocenters. The Kier molecular flexibility index (Phi) is 4.67. The van der Waals surface area contributed by atoms with Crippen molar-refractivity contribution in [3.63, 3.8) is 0 Å². The maximum absolute atomic E-state index is 13.2. The van der Waals surface area contributed by atoms with Gasteiger partial charge in [-0.25, -0.2) is 22.9 Å². The Bertz CT molecular complexity index is 980. The molecule has 8 heteroatoms. The number of benzene rings is 2. The maximum Gasteiger partial charge on any atom is 0.238 e. The summed E-state index contributed by atoms with van der Waals surface area (Å²) in [7, 11) is -3.79. The van der Waals surface area contributed by atoms with E-state index in [4.69, 9.17) is 14.7 Å². The Hall–Kier alpha value is -2.55. The van der Waals surface area contributed by atoms with Crippen LogP contribution in [0.25, 0.3) is 22.6 Å². The summed E-state index contributed by atoms with van der Waals surface area (Å²) in [5.41, 5.74) is 1.70. The Morgan fingerprint density at radius 3 is 2.20 bits per heavy atom. The highest BCUT2D eigenvalue weighted by Gasteiger charge is 2.18. The number of sulfonamides is 1. The number of aliphatic hydroxyl groups excluding tert-OH is 1. The maximum atomic E-state index is 13.2. The SMILES string of the molecule is NS(=O)(=O)c1ccc(-c2oc(CCO)nc2-c2ccc(F)cc2)cc1. The summed E-state index contributed by atoms with van der Waals surface area (Å²) in [5, 5.41) is 14.2. The monoisotopic (exact) mass is 362 g/mol. The lowest BCUT2D eigenvalue weighted by atomic mass is 10.1. The van der Waals surface area contributed by atoms with Crippen LogP contribution in [-0.4, -0.2) is 25.1 Å². The van der Waals surface area contributed by atoms with E-state index < -0.39 is 10.0 Å². The molecule has 0 fully saturated rings. The second kappa shape index (κ2) is 6.75. The molecule has 3 rings (SSSR count). The first-order valence-electron chi connectivity index (χ1n) is 7.38. The van der Waals surface area contributed by atoms with Gasteiger partial charge in [0.15, 0.2) is 11.7 Å². The average molecular weight is 362 g/mol. The summed E-state index contributed by atoms with van der Waals surface area (Å²) in [4.78, 5) is 4.34. The minimum Gasteiger partial charge on any atom is -0.440 e. The molecule has 0 radical (unpaired) electrons. The zero-order valence-electron chi connectivity index (χ0n) is 13.0. The molecule has 0 aliphatic carbocycles. The lowest BCUT2D eigenvalue weighted by Gasteiger charge is -2.03. The molecule has 2 aromatic carbocycles. The number of nitrogens with two attached hydrogens (primary N) is 1. The van der Waals surface area contributed by atoms with Gasteiger partial charge in [-0.2, -0.15) is 0 Å². The second-order valence-electron chi connectivity index (χ2n) is 5.34. The number of aliphatic hydroxyl groups is 1. The number of aromatic nitrogens is 1. The van der Waals surface area contributed by atoms with Crippen LogP contribution in [-0.2, 0) is 16.4 Å². The molecule has 0 saturated heterocycles. The van der Waals surface area contributed by atoms with Gasteiger partial charge in [-0.05, 0) is 48.5 Å². The van der Waals surface area contributed by atoms with Crippen molar-refractivity contribution in [3.8, 4) is 22.6 Å². The van der Waals surface area contributed by atoms with Gasteiger partial charge >= 0.3 is 0 Å². The van der Waals surface area contributed by atoms with Crippen molar-refractivity contribution in [2.45, 2.75) is 11.3 Å². The van der Waals surface area contributed by atoms with E-state index in [9.17, 15) is 12.8 Å². The van der Waals surface area contributed by atoms with Crippen molar-refractivity contribution in [1.29, 1.82) is 0 Å². The van der Waals surface area contributed by atoms with Gasteiger partial charge in [0.05, 0.1) is 11.5 Å². The Morgan fingerprint density at radius 2 is 1.64 bits per heavy atom. The summed E-state index contributed by atoms with van der Waals surface area (Å²) in [6, 6.07) is 11.6. The molecule has 0 aliphatic rings. The molecule has 6 nitrogen and oxygen atoms in total. The van der Waals surface area contributed by atoms with Gasteiger partial charge in [0.2, 0.25) is 10.0 Å². The molecule has 3 N–H and O–H groups in total. The molecule has 3 aromatic rings. The van der Waals surface area contributed by atoms with Gasteiger partial charge in [0.25, 0.3) is 0 Å². The number of rotatable bonds is 5. The van der Waals surface area contributed by atoms with Crippen LogP contribution in [0.15, 0.2) is 57.8 Å². The minimum absolute atomic E-state index is 0.0188. The van der Waals surface area contributed by atoms with Gasteiger partial charge in [-0.3, -0.25) is 0 Å². The van der Waals surface area contributed by atoms with Crippen LogP contribution in [0.5, 0.6) is 0 Å². The highest BCUT2D eigenvalue weighted by molar-refractivity contribution is 7.89. The quantitative estimate of drug-likeness (QED) is 0.724. The van der Waals surface area contributed by atoms with Crippen LogP contribution in [0.2, 0.25) is 0 Å². The fourth-order valence-electron chi connectivity index (χ4n) is 2.36. The number of hydrogen-bond acceptors (Lipinski definition) is 5. The van der Waals surface area contributed by atoms with Crippen LogP contribution in [0, 0.1) is 5.82 Å². The summed E-state index contributed by atoms with van der Waals surface area (Å²) >= 11 is 0. The van der Waals surface area contributed by atoms with Crippen molar-refractivity contribution in [3.05, 3.63) is 60.2 Å². The van der Waals surface area contributed by atoms with Crippen molar-refractivity contribution < 1.29 is 22.3 Å². The van der Waals surface area contributed by atoms with Crippen LogP contribution >= 0.6 is 0 Å². The third-order valence-corrected chi connectivity index (χ3v) is 4.49. The third kappa shape index (κ3) is 3.76. The molecular formula is C17H15FN2O4S. The molecule has 0 aliphatic heterocycles. The van der Waals surface area contributed by atoms with Gasteiger partial charge in [-0.15, -0.1) is 0 Å². The number of hydrogen-bond donors (Lipinski definition) is 2. The van der Waals surface area contributed by atoms with Crippen LogP contribution in [0.4, 0.5) is 4.39 Å².